The van der Waals surface area contributed by atoms with Gasteiger partial charge in [-0.2, -0.15) is 0 Å². The molecule has 1 N–H and O–H groups in total. The van der Waals surface area contributed by atoms with E-state index in [2.05, 4.69) is 24.8 Å². The molecule has 0 saturated carbocycles. The molecule has 0 bridgehead atoms. The molecule has 0 saturated heterocycles. The summed E-state index contributed by atoms with van der Waals surface area (Å²) in [7, 11) is 0. The Morgan fingerprint density at radius 3 is 2.94 bits per heavy atom. The largest absolute Gasteiger partial charge is 0.345 e. The maximum atomic E-state index is 4.50. The van der Waals surface area contributed by atoms with Crippen LogP contribution in [-0.2, 0) is 19.5 Å². The number of fused-ring (bicyclic) bond motifs is 1. The van der Waals surface area contributed by atoms with Gasteiger partial charge in [-0.3, -0.25) is 4.90 Å². The van der Waals surface area contributed by atoms with Gasteiger partial charge in [0.05, 0.1) is 0 Å². The van der Waals surface area contributed by atoms with E-state index in [1.807, 2.05) is 26.2 Å². The van der Waals surface area contributed by atoms with Crippen molar-refractivity contribution in [3.8, 4) is 0 Å². The summed E-state index contributed by atoms with van der Waals surface area (Å²) in [5, 5.41) is 0. The SMILES string of the molecule is Cc1ncc2c(n1)CCN(Cc1cnc(C)[nH]1)C2. The number of hydrogen-bond donors (Lipinski definition) is 1. The monoisotopic (exact) mass is 243 g/mol. The van der Waals surface area contributed by atoms with Crippen LogP contribution in [0, 0.1) is 13.8 Å². The molecule has 3 rings (SSSR count). The first-order valence-corrected chi connectivity index (χ1v) is 6.25. The summed E-state index contributed by atoms with van der Waals surface area (Å²) in [5.74, 6) is 1.84. The first-order valence-electron chi connectivity index (χ1n) is 6.25. The quantitative estimate of drug-likeness (QED) is 0.865. The zero-order valence-corrected chi connectivity index (χ0v) is 10.8. The van der Waals surface area contributed by atoms with Crippen LogP contribution in [0.1, 0.15) is 28.6 Å². The van der Waals surface area contributed by atoms with Crippen molar-refractivity contribution in [1.29, 1.82) is 0 Å². The Kier molecular flexibility index (Phi) is 2.83. The van der Waals surface area contributed by atoms with E-state index in [0.717, 1.165) is 37.7 Å². The summed E-state index contributed by atoms with van der Waals surface area (Å²) < 4.78 is 0. The van der Waals surface area contributed by atoms with Crippen LogP contribution in [0.5, 0.6) is 0 Å². The number of H-pyrrole nitrogens is 1. The molecule has 1 aliphatic rings. The first-order chi connectivity index (χ1) is 8.70. The fourth-order valence-corrected chi connectivity index (χ4v) is 2.40. The Labute approximate surface area is 106 Å². The summed E-state index contributed by atoms with van der Waals surface area (Å²) in [4.78, 5) is 18.7. The van der Waals surface area contributed by atoms with E-state index in [1.165, 1.54) is 17.0 Å². The second-order valence-corrected chi connectivity index (χ2v) is 4.84. The molecule has 0 amide bonds. The predicted molar refractivity (Wildman–Crippen MR) is 67.9 cm³/mol. The standard InChI is InChI=1S/C13H17N5/c1-9-15-6-12(16-9)8-18-4-3-13-11(7-18)5-14-10(2)17-13/h5-6H,3-4,7-8H2,1-2H3,(H,15,16). The summed E-state index contributed by atoms with van der Waals surface area (Å²) >= 11 is 0. The molecule has 0 aliphatic carbocycles. The van der Waals surface area contributed by atoms with Gasteiger partial charge in [0.2, 0.25) is 0 Å². The number of aromatic nitrogens is 4. The second-order valence-electron chi connectivity index (χ2n) is 4.84. The Bertz CT molecular complexity index is 560. The van der Waals surface area contributed by atoms with E-state index >= 15 is 0 Å². The lowest BCUT2D eigenvalue weighted by Crippen LogP contribution is -2.31. The Balaban J connectivity index is 1.73. The lowest BCUT2D eigenvalue weighted by atomic mass is 10.1. The van der Waals surface area contributed by atoms with Crippen molar-refractivity contribution < 1.29 is 0 Å². The zero-order chi connectivity index (χ0) is 12.5. The van der Waals surface area contributed by atoms with Crippen LogP contribution in [0.4, 0.5) is 0 Å². The van der Waals surface area contributed by atoms with Gasteiger partial charge in [-0.05, 0) is 13.8 Å². The van der Waals surface area contributed by atoms with Gasteiger partial charge in [-0.1, -0.05) is 0 Å². The predicted octanol–water partition coefficient (Wildman–Crippen LogP) is 1.37. The highest BCUT2D eigenvalue weighted by molar-refractivity contribution is 5.20. The summed E-state index contributed by atoms with van der Waals surface area (Å²) in [6.45, 7) is 6.80. The van der Waals surface area contributed by atoms with Crippen LogP contribution >= 0.6 is 0 Å². The minimum absolute atomic E-state index is 0.867. The van der Waals surface area contributed by atoms with Gasteiger partial charge in [0.25, 0.3) is 0 Å². The van der Waals surface area contributed by atoms with E-state index < -0.39 is 0 Å². The maximum Gasteiger partial charge on any atom is 0.125 e. The van der Waals surface area contributed by atoms with Gasteiger partial charge in [0, 0.05) is 55.4 Å². The summed E-state index contributed by atoms with van der Waals surface area (Å²) in [6.07, 6.45) is 4.88. The van der Waals surface area contributed by atoms with Crippen LogP contribution in [0.15, 0.2) is 12.4 Å². The minimum atomic E-state index is 0.867. The number of aryl methyl sites for hydroxylation is 2. The Hall–Kier alpha value is -1.75. The molecule has 18 heavy (non-hydrogen) atoms. The fourth-order valence-electron chi connectivity index (χ4n) is 2.40. The highest BCUT2D eigenvalue weighted by Crippen LogP contribution is 2.17. The maximum absolute atomic E-state index is 4.50. The Morgan fingerprint density at radius 1 is 1.28 bits per heavy atom. The van der Waals surface area contributed by atoms with Crippen molar-refractivity contribution in [2.45, 2.75) is 33.4 Å². The van der Waals surface area contributed by atoms with Gasteiger partial charge >= 0.3 is 0 Å². The number of hydrogen-bond acceptors (Lipinski definition) is 4. The minimum Gasteiger partial charge on any atom is -0.345 e. The van der Waals surface area contributed by atoms with Crippen molar-refractivity contribution in [1.82, 2.24) is 24.8 Å². The van der Waals surface area contributed by atoms with Gasteiger partial charge in [0.1, 0.15) is 11.6 Å². The molecule has 94 valence electrons. The van der Waals surface area contributed by atoms with Gasteiger partial charge in [0.15, 0.2) is 0 Å². The van der Waals surface area contributed by atoms with E-state index in [1.54, 1.807) is 0 Å². The fraction of sp³-hybridized carbons (Fsp3) is 0.462. The first kappa shape index (κ1) is 11.3. The molecular formula is C13H17N5. The average Bonchev–Trinajstić information content (AvgIpc) is 2.75. The smallest absolute Gasteiger partial charge is 0.125 e. The molecule has 2 aromatic rings. The molecule has 5 nitrogen and oxygen atoms in total. The molecule has 0 unspecified atom stereocenters. The van der Waals surface area contributed by atoms with Crippen molar-refractivity contribution in [2.24, 2.45) is 0 Å². The number of nitrogens with one attached hydrogen (secondary N) is 1. The molecule has 0 atom stereocenters. The van der Waals surface area contributed by atoms with Crippen molar-refractivity contribution in [2.75, 3.05) is 6.54 Å². The molecule has 5 heteroatoms. The van der Waals surface area contributed by atoms with Crippen molar-refractivity contribution in [3.05, 3.63) is 41.0 Å². The number of nitrogens with zero attached hydrogens (tertiary/aromatic N) is 4. The molecule has 0 aromatic carbocycles. The van der Waals surface area contributed by atoms with Gasteiger partial charge in [-0.15, -0.1) is 0 Å². The van der Waals surface area contributed by atoms with Crippen LogP contribution in [0.3, 0.4) is 0 Å². The normalized spacial score (nSPS) is 15.7. The molecule has 2 aromatic heterocycles. The van der Waals surface area contributed by atoms with Gasteiger partial charge < -0.3 is 4.98 Å². The van der Waals surface area contributed by atoms with E-state index in [-0.39, 0.29) is 0 Å². The molecule has 0 radical (unpaired) electrons. The van der Waals surface area contributed by atoms with Gasteiger partial charge in [-0.25, -0.2) is 15.0 Å². The van der Waals surface area contributed by atoms with Crippen LogP contribution in [0.25, 0.3) is 0 Å². The molecule has 0 fully saturated rings. The lowest BCUT2D eigenvalue weighted by Gasteiger charge is -2.27. The third kappa shape index (κ3) is 2.26. The van der Waals surface area contributed by atoms with Crippen LogP contribution in [-0.4, -0.2) is 31.4 Å². The summed E-state index contributed by atoms with van der Waals surface area (Å²) in [5.41, 5.74) is 3.63. The van der Waals surface area contributed by atoms with E-state index in [0.29, 0.717) is 0 Å². The number of imidazole rings is 1. The lowest BCUT2D eigenvalue weighted by molar-refractivity contribution is 0.240. The number of aromatic amines is 1. The molecular weight excluding hydrogens is 226 g/mol. The molecule has 3 heterocycles. The zero-order valence-electron chi connectivity index (χ0n) is 10.8. The van der Waals surface area contributed by atoms with E-state index in [9.17, 15) is 0 Å². The van der Waals surface area contributed by atoms with E-state index in [4.69, 9.17) is 0 Å². The molecule has 1 aliphatic heterocycles. The highest BCUT2D eigenvalue weighted by Gasteiger charge is 2.18. The van der Waals surface area contributed by atoms with Crippen molar-refractivity contribution in [3.63, 3.8) is 0 Å². The Morgan fingerprint density at radius 2 is 2.17 bits per heavy atom. The second kappa shape index (κ2) is 4.49. The van der Waals surface area contributed by atoms with Crippen LogP contribution in [0.2, 0.25) is 0 Å². The third-order valence-electron chi connectivity index (χ3n) is 3.28. The third-order valence-corrected chi connectivity index (χ3v) is 3.28. The summed E-state index contributed by atoms with van der Waals surface area (Å²) in [6, 6.07) is 0. The molecule has 0 spiro atoms. The van der Waals surface area contributed by atoms with Crippen LogP contribution < -0.4 is 0 Å². The van der Waals surface area contributed by atoms with Crippen molar-refractivity contribution >= 4 is 0 Å². The highest BCUT2D eigenvalue weighted by atomic mass is 15.1. The average molecular weight is 243 g/mol. The topological polar surface area (TPSA) is 57.7 Å². The number of rotatable bonds is 2.